The summed E-state index contributed by atoms with van der Waals surface area (Å²) in [6.07, 6.45) is 1.39. The Bertz CT molecular complexity index is 1270. The van der Waals surface area contributed by atoms with Gasteiger partial charge >= 0.3 is 0 Å². The maximum atomic E-state index is 12.6. The number of para-hydroxylation sites is 1. The third kappa shape index (κ3) is 6.61. The Morgan fingerprint density at radius 3 is 2.44 bits per heavy atom. The molecule has 2 amide bonds. The Morgan fingerprint density at radius 2 is 1.76 bits per heavy atom. The first-order chi connectivity index (χ1) is 16.4. The zero-order valence-corrected chi connectivity index (χ0v) is 19.3. The Balaban J connectivity index is 1.74. The Hall–Kier alpha value is -4.28. The molecule has 3 aromatic carbocycles. The predicted molar refractivity (Wildman–Crippen MR) is 132 cm³/mol. The van der Waals surface area contributed by atoms with Gasteiger partial charge in [0, 0.05) is 11.4 Å². The first-order valence-corrected chi connectivity index (χ1v) is 10.6. The van der Waals surface area contributed by atoms with E-state index in [1.165, 1.54) is 19.3 Å². The van der Waals surface area contributed by atoms with E-state index >= 15 is 0 Å². The minimum atomic E-state index is -0.555. The highest BCUT2D eigenvalue weighted by molar-refractivity contribution is 6.32. The van der Waals surface area contributed by atoms with Crippen LogP contribution >= 0.6 is 11.6 Å². The quantitative estimate of drug-likeness (QED) is 0.343. The molecule has 0 saturated carbocycles. The minimum Gasteiger partial charge on any atom is -0.493 e. The third-order valence-corrected chi connectivity index (χ3v) is 4.89. The molecule has 0 radical (unpaired) electrons. The molecule has 0 fully saturated rings. The van der Waals surface area contributed by atoms with E-state index in [0.29, 0.717) is 16.9 Å². The number of nitriles is 1. The van der Waals surface area contributed by atoms with Crippen LogP contribution in [-0.2, 0) is 9.59 Å². The Labute approximate surface area is 202 Å². The zero-order chi connectivity index (χ0) is 24.5. The fourth-order valence-electron chi connectivity index (χ4n) is 3.06. The van der Waals surface area contributed by atoms with Crippen LogP contribution in [0.15, 0.2) is 72.3 Å². The second-order valence-electron chi connectivity index (χ2n) is 7.23. The monoisotopic (exact) mass is 475 g/mol. The van der Waals surface area contributed by atoms with Gasteiger partial charge in [0.25, 0.3) is 11.8 Å². The molecule has 34 heavy (non-hydrogen) atoms. The van der Waals surface area contributed by atoms with Crippen molar-refractivity contribution in [3.8, 4) is 17.6 Å². The van der Waals surface area contributed by atoms with E-state index in [4.69, 9.17) is 21.1 Å². The summed E-state index contributed by atoms with van der Waals surface area (Å²) in [5.74, 6) is -0.496. The summed E-state index contributed by atoms with van der Waals surface area (Å²) in [4.78, 5) is 24.7. The number of rotatable bonds is 8. The number of benzene rings is 3. The number of nitrogens with zero attached hydrogens (tertiary/aromatic N) is 1. The standard InChI is InChI=1S/C26H22ClN3O4/c1-17-7-6-10-21(11-17)30-26(32)19(15-28)12-18-13-22(27)25(23(14-18)33-2)34-16-24(31)29-20-8-4-3-5-9-20/h3-14H,16H2,1-2H3,(H,29,31)(H,30,32)/b19-12+. The van der Waals surface area contributed by atoms with Crippen molar-refractivity contribution in [1.82, 2.24) is 0 Å². The number of anilines is 2. The lowest BCUT2D eigenvalue weighted by Crippen LogP contribution is -2.20. The third-order valence-electron chi connectivity index (χ3n) is 4.61. The van der Waals surface area contributed by atoms with Crippen LogP contribution in [0.3, 0.4) is 0 Å². The number of carbonyl (C=O) groups is 2. The Kier molecular flexibility index (Phi) is 8.27. The molecule has 7 nitrogen and oxygen atoms in total. The molecule has 0 saturated heterocycles. The van der Waals surface area contributed by atoms with Crippen molar-refractivity contribution >= 4 is 40.9 Å². The number of nitrogens with one attached hydrogen (secondary N) is 2. The second-order valence-corrected chi connectivity index (χ2v) is 7.64. The highest BCUT2D eigenvalue weighted by atomic mass is 35.5. The number of hydrogen-bond acceptors (Lipinski definition) is 5. The average Bonchev–Trinajstić information content (AvgIpc) is 2.82. The molecule has 2 N–H and O–H groups in total. The van der Waals surface area contributed by atoms with Gasteiger partial charge in [-0.3, -0.25) is 9.59 Å². The smallest absolute Gasteiger partial charge is 0.266 e. The highest BCUT2D eigenvalue weighted by Gasteiger charge is 2.16. The van der Waals surface area contributed by atoms with E-state index in [2.05, 4.69) is 10.6 Å². The molecule has 0 aliphatic heterocycles. The first-order valence-electron chi connectivity index (χ1n) is 10.2. The van der Waals surface area contributed by atoms with Crippen molar-refractivity contribution in [2.45, 2.75) is 6.92 Å². The van der Waals surface area contributed by atoms with Crippen LogP contribution in [0.4, 0.5) is 11.4 Å². The summed E-state index contributed by atoms with van der Waals surface area (Å²) in [5, 5.41) is 15.1. The molecular formula is C26H22ClN3O4. The van der Waals surface area contributed by atoms with Gasteiger partial charge in [0.2, 0.25) is 0 Å². The summed E-state index contributed by atoms with van der Waals surface area (Å²) in [7, 11) is 1.42. The molecule has 8 heteroatoms. The second kappa shape index (κ2) is 11.5. The van der Waals surface area contributed by atoms with Crippen molar-refractivity contribution in [2.24, 2.45) is 0 Å². The molecular weight excluding hydrogens is 454 g/mol. The molecule has 0 atom stereocenters. The molecule has 0 aromatic heterocycles. The van der Waals surface area contributed by atoms with E-state index in [0.717, 1.165) is 5.56 Å². The van der Waals surface area contributed by atoms with E-state index < -0.39 is 5.91 Å². The topological polar surface area (TPSA) is 100 Å². The normalized spacial score (nSPS) is 10.7. The lowest BCUT2D eigenvalue weighted by atomic mass is 10.1. The maximum absolute atomic E-state index is 12.6. The lowest BCUT2D eigenvalue weighted by molar-refractivity contribution is -0.118. The maximum Gasteiger partial charge on any atom is 0.266 e. The van der Waals surface area contributed by atoms with Gasteiger partial charge < -0.3 is 20.1 Å². The summed E-state index contributed by atoms with van der Waals surface area (Å²) in [6, 6.07) is 21.2. The average molecular weight is 476 g/mol. The van der Waals surface area contributed by atoms with Gasteiger partial charge in [-0.05, 0) is 60.5 Å². The van der Waals surface area contributed by atoms with Crippen molar-refractivity contribution < 1.29 is 19.1 Å². The van der Waals surface area contributed by atoms with Gasteiger partial charge in [-0.1, -0.05) is 41.9 Å². The first kappa shape index (κ1) is 24.4. The predicted octanol–water partition coefficient (Wildman–Crippen LogP) is 5.22. The molecule has 0 spiro atoms. The van der Waals surface area contributed by atoms with Crippen LogP contribution in [0.25, 0.3) is 6.08 Å². The SMILES string of the molecule is COc1cc(/C=C(\C#N)C(=O)Nc2cccc(C)c2)cc(Cl)c1OCC(=O)Nc1ccccc1. The van der Waals surface area contributed by atoms with Crippen molar-refractivity contribution in [2.75, 3.05) is 24.4 Å². The Morgan fingerprint density at radius 1 is 1.03 bits per heavy atom. The molecule has 0 unspecified atom stereocenters. The van der Waals surface area contributed by atoms with E-state index in [-0.39, 0.29) is 34.6 Å². The van der Waals surface area contributed by atoms with Gasteiger partial charge in [-0.15, -0.1) is 0 Å². The van der Waals surface area contributed by atoms with Crippen LogP contribution in [0, 0.1) is 18.3 Å². The number of carbonyl (C=O) groups excluding carboxylic acids is 2. The molecule has 172 valence electrons. The van der Waals surface area contributed by atoms with Crippen LogP contribution in [-0.4, -0.2) is 25.5 Å². The van der Waals surface area contributed by atoms with Gasteiger partial charge in [0.15, 0.2) is 18.1 Å². The van der Waals surface area contributed by atoms with Gasteiger partial charge in [-0.2, -0.15) is 5.26 Å². The van der Waals surface area contributed by atoms with Gasteiger partial charge in [-0.25, -0.2) is 0 Å². The number of hydrogen-bond donors (Lipinski definition) is 2. The number of aryl methyl sites for hydroxylation is 1. The van der Waals surface area contributed by atoms with E-state index in [9.17, 15) is 14.9 Å². The van der Waals surface area contributed by atoms with Crippen molar-refractivity contribution in [3.63, 3.8) is 0 Å². The van der Waals surface area contributed by atoms with Crippen LogP contribution in [0.5, 0.6) is 11.5 Å². The molecule has 0 aliphatic carbocycles. The molecule has 3 rings (SSSR count). The summed E-state index contributed by atoms with van der Waals surface area (Å²) >= 11 is 6.36. The highest BCUT2D eigenvalue weighted by Crippen LogP contribution is 2.37. The van der Waals surface area contributed by atoms with Crippen LogP contribution < -0.4 is 20.1 Å². The largest absolute Gasteiger partial charge is 0.493 e. The fraction of sp³-hybridized carbons (Fsp3) is 0.115. The van der Waals surface area contributed by atoms with Crippen molar-refractivity contribution in [1.29, 1.82) is 5.26 Å². The lowest BCUT2D eigenvalue weighted by Gasteiger charge is -2.13. The van der Waals surface area contributed by atoms with Crippen molar-refractivity contribution in [3.05, 3.63) is 88.5 Å². The minimum absolute atomic E-state index is 0.115. The number of ether oxygens (including phenoxy) is 2. The summed E-state index contributed by atoms with van der Waals surface area (Å²) in [5.41, 5.74) is 2.54. The number of halogens is 1. The van der Waals surface area contributed by atoms with Gasteiger partial charge in [0.05, 0.1) is 12.1 Å². The van der Waals surface area contributed by atoms with Crippen LogP contribution in [0.1, 0.15) is 11.1 Å². The summed E-state index contributed by atoms with van der Waals surface area (Å²) in [6.45, 7) is 1.61. The zero-order valence-electron chi connectivity index (χ0n) is 18.6. The van der Waals surface area contributed by atoms with E-state index in [1.54, 1.807) is 42.5 Å². The molecule has 3 aromatic rings. The number of methoxy groups -OCH3 is 1. The van der Waals surface area contributed by atoms with Crippen LogP contribution in [0.2, 0.25) is 5.02 Å². The van der Waals surface area contributed by atoms with E-state index in [1.807, 2.05) is 31.2 Å². The molecule has 0 aliphatic rings. The number of amides is 2. The van der Waals surface area contributed by atoms with Gasteiger partial charge in [0.1, 0.15) is 11.6 Å². The summed E-state index contributed by atoms with van der Waals surface area (Å²) < 4.78 is 10.9. The fourth-order valence-corrected chi connectivity index (χ4v) is 3.33. The molecule has 0 heterocycles. The molecule has 0 bridgehead atoms.